The van der Waals surface area contributed by atoms with Gasteiger partial charge in [-0.15, -0.1) is 0 Å². The first-order chi connectivity index (χ1) is 5.16. The van der Waals surface area contributed by atoms with Crippen LogP contribution in [0.3, 0.4) is 0 Å². The second kappa shape index (κ2) is 3.04. The summed E-state index contributed by atoms with van der Waals surface area (Å²) in [6, 6.07) is 2.90. The van der Waals surface area contributed by atoms with E-state index in [4.69, 9.17) is 16.6 Å². The van der Waals surface area contributed by atoms with Crippen LogP contribution in [0.5, 0.6) is 5.75 Å². The molecule has 0 heterocycles. The van der Waals surface area contributed by atoms with Crippen molar-refractivity contribution >= 4 is 32.6 Å². The zero-order chi connectivity index (χ0) is 8.43. The monoisotopic (exact) mass is 266 g/mol. The number of hydrogen-bond donors (Lipinski definition) is 3. The van der Waals surface area contributed by atoms with Gasteiger partial charge < -0.3 is 16.6 Å². The third-order valence-corrected chi connectivity index (χ3v) is 2.71. The van der Waals surface area contributed by atoms with Crippen molar-refractivity contribution in [3.05, 3.63) is 15.7 Å². The molecule has 0 aromatic heterocycles. The van der Waals surface area contributed by atoms with Crippen LogP contribution in [0.15, 0.2) is 12.1 Å². The van der Waals surface area contributed by atoms with Crippen LogP contribution in [0.1, 0.15) is 0 Å². The second-order valence-corrected chi connectivity index (χ2v) is 3.57. The molecule has 4 nitrogen and oxygen atoms in total. The predicted octanol–water partition coefficient (Wildman–Crippen LogP) is 1.04. The fourth-order valence-corrected chi connectivity index (χ4v) is 1.52. The molecule has 0 aliphatic carbocycles. The lowest BCUT2D eigenvalue weighted by Gasteiger charge is -2.02. The fourth-order valence-electron chi connectivity index (χ4n) is 0.666. The van der Waals surface area contributed by atoms with E-state index in [2.05, 4.69) is 0 Å². The lowest BCUT2D eigenvalue weighted by atomic mass is 10.2. The maximum absolute atomic E-state index is 10.5. The Balaban J connectivity index is 3.36. The molecule has 11 heavy (non-hydrogen) atoms. The Morgan fingerprint density at radius 3 is 2.45 bits per heavy atom. The summed E-state index contributed by atoms with van der Waals surface area (Å²) < 4.78 is 11.0. The van der Waals surface area contributed by atoms with Crippen LogP contribution in [0, 0.1) is 3.57 Å². The van der Waals surface area contributed by atoms with E-state index in [0.717, 1.165) is 0 Å². The van der Waals surface area contributed by atoms with Crippen LogP contribution < -0.4 is 11.5 Å². The van der Waals surface area contributed by atoms with E-state index in [1.54, 1.807) is 0 Å². The van der Waals surface area contributed by atoms with Gasteiger partial charge in [0.15, 0.2) is 21.2 Å². The number of phenolic OH excluding ortho intramolecular Hbond substituents is 1. The minimum Gasteiger partial charge on any atom is -0.506 e. The van der Waals surface area contributed by atoms with E-state index in [9.17, 15) is 3.07 Å². The van der Waals surface area contributed by atoms with E-state index >= 15 is 0 Å². The topological polar surface area (TPSA) is 89.3 Å². The zero-order valence-electron chi connectivity index (χ0n) is 5.54. The van der Waals surface area contributed by atoms with Crippen LogP contribution in [0.4, 0.5) is 11.4 Å². The molecule has 0 fully saturated rings. The number of anilines is 2. The van der Waals surface area contributed by atoms with E-state index < -0.39 is 21.2 Å². The molecule has 0 saturated heterocycles. The molecule has 0 aliphatic heterocycles. The average molecular weight is 266 g/mol. The minimum absolute atomic E-state index is 0.0660. The van der Waals surface area contributed by atoms with E-state index in [0.29, 0.717) is 3.57 Å². The summed E-state index contributed by atoms with van der Waals surface area (Å²) in [5.41, 5.74) is 11.1. The number of benzene rings is 1. The molecule has 0 radical (unpaired) electrons. The number of rotatable bonds is 1. The highest BCUT2D eigenvalue weighted by Gasteiger charge is 2.05. The van der Waals surface area contributed by atoms with Gasteiger partial charge >= 0.3 is 0 Å². The summed E-state index contributed by atoms with van der Waals surface area (Å²) >= 11 is -1.31. The van der Waals surface area contributed by atoms with Gasteiger partial charge in [-0.2, -0.15) is 0 Å². The fraction of sp³-hybridized carbons (Fsp3) is 0. The molecule has 1 aromatic carbocycles. The first-order valence-corrected chi connectivity index (χ1v) is 4.76. The van der Waals surface area contributed by atoms with Crippen LogP contribution in [-0.4, -0.2) is 5.11 Å². The summed E-state index contributed by atoms with van der Waals surface area (Å²) in [5, 5.41) is 9.03. The number of halogens is 1. The average Bonchev–Trinajstić information content (AvgIpc) is 2.01. The van der Waals surface area contributed by atoms with Crippen molar-refractivity contribution in [3.8, 4) is 5.75 Å². The predicted molar refractivity (Wildman–Crippen MR) is 50.3 cm³/mol. The molecule has 1 aromatic rings. The quantitative estimate of drug-likeness (QED) is 0.402. The number of hydrogen-bond acceptors (Lipinski definition) is 4. The Kier molecular flexibility index (Phi) is 2.28. The van der Waals surface area contributed by atoms with Crippen molar-refractivity contribution in [2.24, 2.45) is 0 Å². The Labute approximate surface area is 73.8 Å². The highest BCUT2D eigenvalue weighted by atomic mass is 127. The highest BCUT2D eigenvalue weighted by Crippen LogP contribution is 2.31. The smallest absolute Gasteiger partial charge is 0.184 e. The number of phenols is 1. The molecular weight excluding hydrogens is 259 g/mol. The van der Waals surface area contributed by atoms with Gasteiger partial charge in [-0.05, 0) is 12.1 Å². The lowest BCUT2D eigenvalue weighted by molar-refractivity contribution is 0.478. The van der Waals surface area contributed by atoms with Crippen molar-refractivity contribution < 1.29 is 8.18 Å². The first kappa shape index (κ1) is 8.25. The summed E-state index contributed by atoms with van der Waals surface area (Å²) in [6.07, 6.45) is 0. The first-order valence-electron chi connectivity index (χ1n) is 2.80. The summed E-state index contributed by atoms with van der Waals surface area (Å²) in [5.74, 6) is -0.0660. The Hall–Kier alpha value is -0.850. The number of nitrogens with two attached hydrogens (primary N) is 2. The zero-order valence-corrected chi connectivity index (χ0v) is 7.70. The van der Waals surface area contributed by atoms with Gasteiger partial charge in [-0.3, -0.25) is 3.07 Å². The van der Waals surface area contributed by atoms with Gasteiger partial charge in [0.05, 0.1) is 14.9 Å². The molecule has 5 N–H and O–H groups in total. The van der Waals surface area contributed by atoms with Crippen LogP contribution in [0.25, 0.3) is 0 Å². The Morgan fingerprint density at radius 2 is 1.91 bits per heavy atom. The third kappa shape index (κ3) is 1.42. The molecule has 0 bridgehead atoms. The van der Waals surface area contributed by atoms with Gasteiger partial charge in [-0.1, -0.05) is 0 Å². The largest absolute Gasteiger partial charge is 0.506 e. The number of aromatic hydroxyl groups is 1. The lowest BCUT2D eigenvalue weighted by Crippen LogP contribution is -1.97. The Morgan fingerprint density at radius 1 is 1.27 bits per heavy atom. The molecule has 0 atom stereocenters. The second-order valence-electron chi connectivity index (χ2n) is 1.97. The molecule has 0 aliphatic rings. The molecule has 0 amide bonds. The summed E-state index contributed by atoms with van der Waals surface area (Å²) in [7, 11) is 0. The normalized spacial score (nSPS) is 9.82. The van der Waals surface area contributed by atoms with Crippen molar-refractivity contribution in [3.63, 3.8) is 0 Å². The van der Waals surface area contributed by atoms with E-state index in [-0.39, 0.29) is 17.1 Å². The van der Waals surface area contributed by atoms with Gasteiger partial charge in [0.2, 0.25) is 0 Å². The van der Waals surface area contributed by atoms with Gasteiger partial charge in [0, 0.05) is 0 Å². The standard InChI is InChI=1S/C6H7IN2O2/c8-5-3(7-11)1-2-4(10)6(5)9/h1-2,10H,8-9H2. The van der Waals surface area contributed by atoms with Crippen molar-refractivity contribution in [1.82, 2.24) is 0 Å². The van der Waals surface area contributed by atoms with Crippen LogP contribution in [0.2, 0.25) is 0 Å². The van der Waals surface area contributed by atoms with Gasteiger partial charge in [0.25, 0.3) is 0 Å². The van der Waals surface area contributed by atoms with Crippen molar-refractivity contribution in [2.45, 2.75) is 0 Å². The maximum atomic E-state index is 10.5. The molecular formula is C6H7IN2O2. The SMILES string of the molecule is Nc1c(O)ccc(I=O)c1N. The van der Waals surface area contributed by atoms with Crippen molar-refractivity contribution in [2.75, 3.05) is 11.5 Å². The molecule has 5 heteroatoms. The third-order valence-electron chi connectivity index (χ3n) is 1.29. The van der Waals surface area contributed by atoms with Crippen LogP contribution in [-0.2, 0) is 3.07 Å². The molecule has 0 saturated carbocycles. The van der Waals surface area contributed by atoms with Crippen molar-refractivity contribution in [1.29, 1.82) is 0 Å². The molecule has 0 unspecified atom stereocenters. The van der Waals surface area contributed by atoms with Crippen LogP contribution >= 0.6 is 21.2 Å². The molecule has 1 rings (SSSR count). The van der Waals surface area contributed by atoms with E-state index in [1.807, 2.05) is 0 Å². The highest BCUT2D eigenvalue weighted by molar-refractivity contribution is 14.1. The van der Waals surface area contributed by atoms with Gasteiger partial charge in [0.1, 0.15) is 5.75 Å². The van der Waals surface area contributed by atoms with Gasteiger partial charge in [-0.25, -0.2) is 0 Å². The molecule has 0 spiro atoms. The minimum atomic E-state index is -1.31. The Bertz CT molecular complexity index is 301. The number of nitrogen functional groups attached to an aromatic ring is 2. The molecule has 60 valence electrons. The summed E-state index contributed by atoms with van der Waals surface area (Å²) in [4.78, 5) is 0. The summed E-state index contributed by atoms with van der Waals surface area (Å²) in [6.45, 7) is 0. The van der Waals surface area contributed by atoms with E-state index in [1.165, 1.54) is 12.1 Å². The maximum Gasteiger partial charge on any atom is 0.184 e.